The zero-order valence-electron chi connectivity index (χ0n) is 17.2. The zero-order valence-corrected chi connectivity index (χ0v) is 19.6. The van der Waals surface area contributed by atoms with Crippen molar-refractivity contribution in [2.75, 3.05) is 42.1 Å². The maximum atomic E-state index is 14.8. The number of nitrogens with zero attached hydrogens (tertiary/aromatic N) is 3. The molecule has 0 aliphatic carbocycles. The quantitative estimate of drug-likeness (QED) is 0.412. The zero-order chi connectivity index (χ0) is 23.3. The molecule has 0 saturated heterocycles. The Kier molecular flexibility index (Phi) is 7.52. The van der Waals surface area contributed by atoms with E-state index in [1.54, 1.807) is 18.2 Å². The first kappa shape index (κ1) is 23.7. The third kappa shape index (κ3) is 5.46. The van der Waals surface area contributed by atoms with Crippen LogP contribution in [0.5, 0.6) is 0 Å². The van der Waals surface area contributed by atoms with E-state index in [-0.39, 0.29) is 16.5 Å². The highest BCUT2D eigenvalue weighted by atomic mass is 35.5. The normalized spacial score (nSPS) is 11.1. The molecule has 3 aromatic rings. The van der Waals surface area contributed by atoms with E-state index in [4.69, 9.17) is 11.6 Å². The fourth-order valence-corrected chi connectivity index (χ4v) is 4.77. The Morgan fingerprint density at radius 3 is 2.72 bits per heavy atom. The van der Waals surface area contributed by atoms with Gasteiger partial charge in [0, 0.05) is 31.6 Å². The maximum absolute atomic E-state index is 14.8. The molecule has 0 bridgehead atoms. The van der Waals surface area contributed by atoms with Gasteiger partial charge >= 0.3 is 0 Å². The van der Waals surface area contributed by atoms with Crippen LogP contribution in [0, 0.1) is 17.1 Å². The molecule has 0 saturated carbocycles. The molecule has 1 aromatic heterocycles. The van der Waals surface area contributed by atoms with Gasteiger partial charge in [-0.2, -0.15) is 5.26 Å². The average Bonchev–Trinajstić information content (AvgIpc) is 3.26. The minimum Gasteiger partial charge on any atom is -0.372 e. The van der Waals surface area contributed by atoms with E-state index in [2.05, 4.69) is 26.4 Å². The van der Waals surface area contributed by atoms with Gasteiger partial charge in [-0.15, -0.1) is 11.3 Å². The Morgan fingerprint density at radius 2 is 2.06 bits per heavy atom. The molecule has 0 aliphatic heterocycles. The number of nitrogens with one attached hydrogen (secondary N) is 3. The van der Waals surface area contributed by atoms with Gasteiger partial charge in [-0.3, -0.25) is 4.72 Å². The Labute approximate surface area is 194 Å². The van der Waals surface area contributed by atoms with E-state index >= 15 is 0 Å². The van der Waals surface area contributed by atoms with Gasteiger partial charge in [0.05, 0.1) is 39.2 Å². The van der Waals surface area contributed by atoms with Crippen LogP contribution in [-0.2, 0) is 10.0 Å². The Hall–Kier alpha value is -2.91. The van der Waals surface area contributed by atoms with Crippen LogP contribution in [0.25, 0.3) is 0 Å². The second-order valence-corrected chi connectivity index (χ2v) is 9.51. The summed E-state index contributed by atoms with van der Waals surface area (Å²) in [7, 11) is -0.516. The van der Waals surface area contributed by atoms with Crippen LogP contribution in [0.4, 0.5) is 27.3 Å². The number of sulfonamides is 1. The summed E-state index contributed by atoms with van der Waals surface area (Å²) in [5, 5.41) is 16.8. The van der Waals surface area contributed by atoms with Crippen molar-refractivity contribution in [1.82, 2.24) is 10.3 Å². The SMILES string of the molecule is CNCCN(C)c1cc(C#N)ccc1Nc1cc(F)c(S(=O)(=O)Nc2cscn2)cc1Cl. The monoisotopic (exact) mass is 494 g/mol. The minimum atomic E-state index is -4.21. The average molecular weight is 495 g/mol. The van der Waals surface area contributed by atoms with Crippen LogP contribution in [0.3, 0.4) is 0 Å². The van der Waals surface area contributed by atoms with Gasteiger partial charge in [-0.05, 0) is 31.3 Å². The first-order valence-electron chi connectivity index (χ1n) is 9.32. The number of anilines is 4. The molecule has 3 rings (SSSR count). The molecule has 32 heavy (non-hydrogen) atoms. The van der Waals surface area contributed by atoms with E-state index in [9.17, 15) is 18.1 Å². The molecule has 3 N–H and O–H groups in total. The molecule has 2 aromatic carbocycles. The molecule has 0 atom stereocenters. The van der Waals surface area contributed by atoms with Crippen molar-refractivity contribution in [3.8, 4) is 6.07 Å². The third-order valence-electron chi connectivity index (χ3n) is 4.49. The molecule has 0 unspecified atom stereocenters. The maximum Gasteiger partial charge on any atom is 0.266 e. The molecule has 12 heteroatoms. The lowest BCUT2D eigenvalue weighted by Gasteiger charge is -2.23. The van der Waals surface area contributed by atoms with E-state index in [1.165, 1.54) is 22.2 Å². The summed E-state index contributed by atoms with van der Waals surface area (Å²) >= 11 is 7.50. The van der Waals surface area contributed by atoms with Crippen LogP contribution < -0.4 is 20.3 Å². The molecular weight excluding hydrogens is 475 g/mol. The Morgan fingerprint density at radius 1 is 1.28 bits per heavy atom. The topological polar surface area (TPSA) is 110 Å². The van der Waals surface area contributed by atoms with Gasteiger partial charge in [0.15, 0.2) is 5.82 Å². The van der Waals surface area contributed by atoms with Crippen molar-refractivity contribution >= 4 is 55.8 Å². The number of aromatic nitrogens is 1. The number of benzene rings is 2. The predicted octanol–water partition coefficient (Wildman–Crippen LogP) is 4.01. The van der Waals surface area contributed by atoms with Crippen molar-refractivity contribution in [1.29, 1.82) is 5.26 Å². The van der Waals surface area contributed by atoms with Crippen molar-refractivity contribution in [2.45, 2.75) is 4.90 Å². The number of hydrogen-bond acceptors (Lipinski definition) is 8. The van der Waals surface area contributed by atoms with Gasteiger partial charge in [-0.1, -0.05) is 11.6 Å². The Balaban J connectivity index is 1.93. The van der Waals surface area contributed by atoms with Crippen molar-refractivity contribution in [2.24, 2.45) is 0 Å². The van der Waals surface area contributed by atoms with Gasteiger partial charge in [0.25, 0.3) is 10.0 Å². The highest BCUT2D eigenvalue weighted by Crippen LogP contribution is 2.35. The van der Waals surface area contributed by atoms with Crippen LogP contribution in [-0.4, -0.2) is 40.6 Å². The Bertz CT molecular complexity index is 1250. The highest BCUT2D eigenvalue weighted by Gasteiger charge is 2.23. The molecule has 168 valence electrons. The van der Waals surface area contributed by atoms with Gasteiger partial charge in [0.1, 0.15) is 10.7 Å². The largest absolute Gasteiger partial charge is 0.372 e. The van der Waals surface area contributed by atoms with Crippen molar-refractivity contribution in [3.05, 3.63) is 57.6 Å². The summed E-state index contributed by atoms with van der Waals surface area (Å²) in [5.41, 5.74) is 3.40. The molecule has 0 fully saturated rings. The fourth-order valence-electron chi connectivity index (χ4n) is 2.85. The molecular formula is C20H20ClFN6O2S2. The van der Waals surface area contributed by atoms with Crippen molar-refractivity contribution < 1.29 is 12.8 Å². The number of hydrogen-bond donors (Lipinski definition) is 3. The lowest BCUT2D eigenvalue weighted by Crippen LogP contribution is -2.27. The number of halogens is 2. The first-order valence-corrected chi connectivity index (χ1v) is 12.1. The fraction of sp³-hybridized carbons (Fsp3) is 0.200. The summed E-state index contributed by atoms with van der Waals surface area (Å²) in [6, 6.07) is 9.18. The van der Waals surface area contributed by atoms with E-state index in [1.807, 2.05) is 19.0 Å². The van der Waals surface area contributed by atoms with E-state index < -0.39 is 20.7 Å². The standard InChI is InChI=1S/C20H20ClFN6O2S2/c1-24-5-6-28(2)18-7-13(10-23)3-4-16(18)26-17-9-15(22)19(8-14(17)21)32(29,30)27-20-11-31-12-25-20/h3-4,7-9,11-12,24,26-27H,5-6H2,1-2H3. The minimum absolute atomic E-state index is 0.0123. The third-order valence-corrected chi connectivity index (χ3v) is 6.76. The summed E-state index contributed by atoms with van der Waals surface area (Å²) in [5.74, 6) is -0.877. The number of thiazole rings is 1. The predicted molar refractivity (Wildman–Crippen MR) is 126 cm³/mol. The van der Waals surface area contributed by atoms with E-state index in [0.717, 1.165) is 12.1 Å². The lowest BCUT2D eigenvalue weighted by molar-refractivity contribution is 0.570. The van der Waals surface area contributed by atoms with Crippen molar-refractivity contribution in [3.63, 3.8) is 0 Å². The van der Waals surface area contributed by atoms with Gasteiger partial charge < -0.3 is 15.5 Å². The van der Waals surface area contributed by atoms with Gasteiger partial charge in [0.2, 0.25) is 0 Å². The summed E-state index contributed by atoms with van der Waals surface area (Å²) in [6.07, 6.45) is 0. The first-order chi connectivity index (χ1) is 15.2. The van der Waals surface area contributed by atoms with Gasteiger partial charge in [-0.25, -0.2) is 17.8 Å². The summed E-state index contributed by atoms with van der Waals surface area (Å²) < 4.78 is 42.1. The van der Waals surface area contributed by atoms with Crippen LogP contribution in [0.2, 0.25) is 5.02 Å². The smallest absolute Gasteiger partial charge is 0.266 e. The summed E-state index contributed by atoms with van der Waals surface area (Å²) in [6.45, 7) is 1.36. The second kappa shape index (κ2) is 10.1. The number of likely N-dealkylation sites (N-methyl/N-ethyl adjacent to an activating group) is 2. The van der Waals surface area contributed by atoms with Crippen LogP contribution >= 0.6 is 22.9 Å². The highest BCUT2D eigenvalue weighted by molar-refractivity contribution is 7.92. The molecule has 0 amide bonds. The summed E-state index contributed by atoms with van der Waals surface area (Å²) in [4.78, 5) is 5.18. The molecule has 0 aliphatic rings. The van der Waals surface area contributed by atoms with E-state index in [0.29, 0.717) is 30.0 Å². The molecule has 0 spiro atoms. The number of rotatable bonds is 9. The second-order valence-electron chi connectivity index (χ2n) is 6.74. The lowest BCUT2D eigenvalue weighted by atomic mass is 10.1. The molecule has 1 heterocycles. The van der Waals surface area contributed by atoms with Crippen LogP contribution in [0.1, 0.15) is 5.56 Å². The van der Waals surface area contributed by atoms with Crippen LogP contribution in [0.15, 0.2) is 46.1 Å². The molecule has 0 radical (unpaired) electrons. The molecule has 8 nitrogen and oxygen atoms in total. The number of nitriles is 1.